The van der Waals surface area contributed by atoms with E-state index in [0.29, 0.717) is 22.9 Å². The van der Waals surface area contributed by atoms with Crippen molar-refractivity contribution in [2.75, 3.05) is 0 Å². The molecule has 0 saturated heterocycles. The van der Waals surface area contributed by atoms with Gasteiger partial charge in [0.15, 0.2) is 0 Å². The number of carboxylic acids is 1. The van der Waals surface area contributed by atoms with E-state index in [9.17, 15) is 4.79 Å². The number of fused-ring (bicyclic) bond motifs is 1. The van der Waals surface area contributed by atoms with Crippen LogP contribution in [0.25, 0.3) is 0 Å². The molecular weight excluding hydrogens is 223 g/mol. The molecule has 14 heavy (non-hydrogen) atoms. The van der Waals surface area contributed by atoms with Crippen LogP contribution in [0.4, 0.5) is 0 Å². The normalized spacial score (nSPS) is 19.4. The average molecular weight is 231 g/mol. The van der Waals surface area contributed by atoms with Gasteiger partial charge >= 0.3 is 5.97 Å². The van der Waals surface area contributed by atoms with Crippen LogP contribution in [0.15, 0.2) is 12.1 Å². The third-order valence-corrected chi connectivity index (χ3v) is 3.40. The standard InChI is InChI=1S/C10H8Cl2O2/c11-8-2-1-5-3-6(10(13)14)4-7(5)9(8)12/h1-2,6H,3-4H2,(H,13,14). The van der Waals surface area contributed by atoms with Crippen LogP contribution in [-0.4, -0.2) is 11.1 Å². The summed E-state index contributed by atoms with van der Waals surface area (Å²) < 4.78 is 0. The Hall–Kier alpha value is -0.730. The Bertz CT molecular complexity index is 401. The van der Waals surface area contributed by atoms with E-state index in [4.69, 9.17) is 28.3 Å². The molecule has 0 saturated carbocycles. The Kier molecular flexibility index (Phi) is 2.41. The van der Waals surface area contributed by atoms with E-state index in [0.717, 1.165) is 11.1 Å². The minimum absolute atomic E-state index is 0.346. The number of halogens is 2. The summed E-state index contributed by atoms with van der Waals surface area (Å²) in [6, 6.07) is 3.57. The number of hydrogen-bond acceptors (Lipinski definition) is 1. The van der Waals surface area contributed by atoms with Gasteiger partial charge in [0.1, 0.15) is 0 Å². The Labute approximate surface area is 91.4 Å². The van der Waals surface area contributed by atoms with Gasteiger partial charge in [-0.15, -0.1) is 0 Å². The number of carbonyl (C=O) groups is 1. The van der Waals surface area contributed by atoms with Crippen LogP contribution in [0.2, 0.25) is 10.0 Å². The van der Waals surface area contributed by atoms with Crippen LogP contribution < -0.4 is 0 Å². The lowest BCUT2D eigenvalue weighted by Crippen LogP contribution is -2.12. The lowest BCUT2D eigenvalue weighted by Gasteiger charge is -2.02. The third-order valence-electron chi connectivity index (χ3n) is 2.56. The molecular formula is C10H8Cl2O2. The first-order chi connectivity index (χ1) is 6.59. The summed E-state index contributed by atoms with van der Waals surface area (Å²) in [5, 5.41) is 9.87. The van der Waals surface area contributed by atoms with Crippen molar-refractivity contribution in [1.82, 2.24) is 0 Å². The Morgan fingerprint density at radius 3 is 2.71 bits per heavy atom. The topological polar surface area (TPSA) is 37.3 Å². The highest BCUT2D eigenvalue weighted by Crippen LogP contribution is 2.36. The molecule has 0 spiro atoms. The molecule has 1 aromatic carbocycles. The van der Waals surface area contributed by atoms with Crippen molar-refractivity contribution in [2.24, 2.45) is 5.92 Å². The third kappa shape index (κ3) is 1.49. The minimum Gasteiger partial charge on any atom is -0.481 e. The van der Waals surface area contributed by atoms with E-state index in [1.54, 1.807) is 6.07 Å². The molecule has 2 nitrogen and oxygen atoms in total. The van der Waals surface area contributed by atoms with Gasteiger partial charge in [-0.25, -0.2) is 0 Å². The number of rotatable bonds is 1. The fourth-order valence-electron chi connectivity index (χ4n) is 1.80. The first kappa shape index (κ1) is 9.81. The van der Waals surface area contributed by atoms with Gasteiger partial charge in [0, 0.05) is 0 Å². The molecule has 0 aliphatic heterocycles. The summed E-state index contributed by atoms with van der Waals surface area (Å²) in [6.45, 7) is 0. The summed E-state index contributed by atoms with van der Waals surface area (Å²) in [7, 11) is 0. The molecule has 0 heterocycles. The Morgan fingerprint density at radius 2 is 2.07 bits per heavy atom. The van der Waals surface area contributed by atoms with Crippen LogP contribution in [-0.2, 0) is 17.6 Å². The van der Waals surface area contributed by atoms with Gasteiger partial charge in [0.25, 0.3) is 0 Å². The van der Waals surface area contributed by atoms with E-state index in [1.165, 1.54) is 0 Å². The van der Waals surface area contributed by atoms with E-state index < -0.39 is 5.97 Å². The number of carboxylic acid groups (broad SMARTS) is 1. The van der Waals surface area contributed by atoms with E-state index in [1.807, 2.05) is 6.07 Å². The second-order valence-corrected chi connectivity index (χ2v) is 4.23. The molecule has 1 atom stereocenters. The smallest absolute Gasteiger partial charge is 0.307 e. The van der Waals surface area contributed by atoms with Gasteiger partial charge in [-0.05, 0) is 30.0 Å². The monoisotopic (exact) mass is 230 g/mol. The molecule has 1 aliphatic rings. The fourth-order valence-corrected chi connectivity index (χ4v) is 2.24. The second-order valence-electron chi connectivity index (χ2n) is 3.44. The van der Waals surface area contributed by atoms with E-state index >= 15 is 0 Å². The van der Waals surface area contributed by atoms with Crippen molar-refractivity contribution >= 4 is 29.2 Å². The van der Waals surface area contributed by atoms with Crippen LogP contribution >= 0.6 is 23.2 Å². The summed E-state index contributed by atoms with van der Waals surface area (Å²) in [5.41, 5.74) is 1.90. The molecule has 0 amide bonds. The summed E-state index contributed by atoms with van der Waals surface area (Å²) >= 11 is 11.8. The van der Waals surface area contributed by atoms with Crippen LogP contribution in [0.3, 0.4) is 0 Å². The highest BCUT2D eigenvalue weighted by Gasteiger charge is 2.29. The zero-order valence-electron chi connectivity index (χ0n) is 7.26. The average Bonchev–Trinajstić information content (AvgIpc) is 2.56. The maximum atomic E-state index is 10.8. The molecule has 0 fully saturated rings. The maximum absolute atomic E-state index is 10.8. The lowest BCUT2D eigenvalue weighted by atomic mass is 10.1. The van der Waals surface area contributed by atoms with Crippen LogP contribution in [0, 0.1) is 5.92 Å². The van der Waals surface area contributed by atoms with Gasteiger partial charge in [0.2, 0.25) is 0 Å². The number of hydrogen-bond donors (Lipinski definition) is 1. The highest BCUT2D eigenvalue weighted by atomic mass is 35.5. The first-order valence-electron chi connectivity index (χ1n) is 4.28. The first-order valence-corrected chi connectivity index (χ1v) is 5.03. The van der Waals surface area contributed by atoms with Gasteiger partial charge in [-0.3, -0.25) is 4.79 Å². The van der Waals surface area contributed by atoms with Gasteiger partial charge < -0.3 is 5.11 Å². The zero-order chi connectivity index (χ0) is 10.3. The van der Waals surface area contributed by atoms with Gasteiger partial charge in [-0.2, -0.15) is 0 Å². The van der Waals surface area contributed by atoms with Crippen molar-refractivity contribution in [3.05, 3.63) is 33.3 Å². The number of benzene rings is 1. The molecule has 0 radical (unpaired) electrons. The molecule has 1 aliphatic carbocycles. The van der Waals surface area contributed by atoms with E-state index in [-0.39, 0.29) is 5.92 Å². The Morgan fingerprint density at radius 1 is 1.36 bits per heavy atom. The van der Waals surface area contributed by atoms with Gasteiger partial charge in [0.05, 0.1) is 16.0 Å². The predicted octanol–water partition coefficient (Wildman–Crippen LogP) is 2.79. The number of aliphatic carboxylic acids is 1. The molecule has 0 aromatic heterocycles. The minimum atomic E-state index is -0.770. The molecule has 2 rings (SSSR count). The quantitative estimate of drug-likeness (QED) is 0.806. The van der Waals surface area contributed by atoms with Crippen molar-refractivity contribution < 1.29 is 9.90 Å². The lowest BCUT2D eigenvalue weighted by molar-refractivity contribution is -0.141. The maximum Gasteiger partial charge on any atom is 0.307 e. The highest BCUT2D eigenvalue weighted by molar-refractivity contribution is 6.42. The summed E-state index contributed by atoms with van der Waals surface area (Å²) in [5.74, 6) is -1.12. The van der Waals surface area contributed by atoms with Crippen molar-refractivity contribution in [1.29, 1.82) is 0 Å². The van der Waals surface area contributed by atoms with Crippen LogP contribution in [0.5, 0.6) is 0 Å². The molecule has 4 heteroatoms. The van der Waals surface area contributed by atoms with Crippen molar-refractivity contribution in [3.63, 3.8) is 0 Å². The predicted molar refractivity (Wildman–Crippen MR) is 55.0 cm³/mol. The molecule has 1 N–H and O–H groups in total. The molecule has 1 unspecified atom stereocenters. The fraction of sp³-hybridized carbons (Fsp3) is 0.300. The Balaban J connectivity index is 2.40. The molecule has 0 bridgehead atoms. The van der Waals surface area contributed by atoms with Crippen LogP contribution in [0.1, 0.15) is 11.1 Å². The summed E-state index contributed by atoms with van der Waals surface area (Å²) in [4.78, 5) is 10.8. The SMILES string of the molecule is O=C(O)C1Cc2ccc(Cl)c(Cl)c2C1. The van der Waals surface area contributed by atoms with E-state index in [2.05, 4.69) is 0 Å². The summed E-state index contributed by atoms with van der Waals surface area (Å²) in [6.07, 6.45) is 1.05. The second kappa shape index (κ2) is 3.44. The largest absolute Gasteiger partial charge is 0.481 e. The molecule has 74 valence electrons. The van der Waals surface area contributed by atoms with Crippen molar-refractivity contribution in [2.45, 2.75) is 12.8 Å². The van der Waals surface area contributed by atoms with Crippen molar-refractivity contribution in [3.8, 4) is 0 Å². The zero-order valence-corrected chi connectivity index (χ0v) is 8.77. The van der Waals surface area contributed by atoms with Gasteiger partial charge in [-0.1, -0.05) is 29.3 Å². The molecule has 1 aromatic rings.